The minimum absolute atomic E-state index is 0.0601. The first-order valence-electron chi connectivity index (χ1n) is 6.42. The number of carbonyl (C=O) groups excluding carboxylic acids is 1. The minimum atomic E-state index is -0.404. The highest BCUT2D eigenvalue weighted by Crippen LogP contribution is 2.30. The van der Waals surface area contributed by atoms with E-state index in [1.54, 1.807) is 17.7 Å². The molecule has 0 bridgehead atoms. The third kappa shape index (κ3) is 1.57. The van der Waals surface area contributed by atoms with Crippen LogP contribution >= 0.6 is 0 Å². The molecule has 0 fully saturated rings. The summed E-state index contributed by atoms with van der Waals surface area (Å²) in [5, 5.41) is 0.866. The van der Waals surface area contributed by atoms with Crippen molar-refractivity contribution in [3.63, 3.8) is 0 Å². The van der Waals surface area contributed by atoms with Crippen LogP contribution in [0.15, 0.2) is 16.9 Å². The third-order valence-electron chi connectivity index (χ3n) is 3.85. The van der Waals surface area contributed by atoms with Crippen LogP contribution in [0.25, 0.3) is 10.9 Å². The topological polar surface area (TPSA) is 57.5 Å². The second-order valence-corrected chi connectivity index (χ2v) is 4.90. The molecule has 0 spiro atoms. The molecule has 3 rings (SSSR count). The van der Waals surface area contributed by atoms with E-state index in [1.165, 1.54) is 7.11 Å². The monoisotopic (exact) mass is 271 g/mol. The van der Waals surface area contributed by atoms with Gasteiger partial charge in [0.25, 0.3) is 5.56 Å². The number of nitrogens with zero attached hydrogens (tertiary/aromatic N) is 1. The number of hydrogen-bond donors (Lipinski definition) is 0. The van der Waals surface area contributed by atoms with E-state index in [-0.39, 0.29) is 5.56 Å². The number of benzene rings is 1. The molecule has 1 aromatic heterocycles. The highest BCUT2D eigenvalue weighted by Gasteiger charge is 2.23. The van der Waals surface area contributed by atoms with Gasteiger partial charge in [0.05, 0.1) is 24.8 Å². The number of hydrogen-bond acceptors (Lipinski definition) is 4. The molecule has 1 aliphatic heterocycles. The molecule has 0 N–H and O–H groups in total. The van der Waals surface area contributed by atoms with Crippen LogP contribution in [0.1, 0.15) is 15.9 Å². The normalized spacial score (nSPS) is 13.1. The average molecular weight is 271 g/mol. The van der Waals surface area contributed by atoms with E-state index in [2.05, 4.69) is 0 Å². The molecule has 6 heteroatoms. The van der Waals surface area contributed by atoms with Crippen molar-refractivity contribution in [3.8, 4) is 5.75 Å². The second kappa shape index (κ2) is 4.40. The lowest BCUT2D eigenvalue weighted by Gasteiger charge is -2.14. The van der Waals surface area contributed by atoms with Gasteiger partial charge in [-0.2, -0.15) is 0 Å². The van der Waals surface area contributed by atoms with Crippen LogP contribution in [-0.4, -0.2) is 32.1 Å². The highest BCUT2D eigenvalue weighted by molar-refractivity contribution is 6.42. The number of pyridine rings is 1. The molecule has 1 aliphatic rings. The molecule has 0 aliphatic carbocycles. The molecule has 0 atom stereocenters. The molecule has 2 heterocycles. The predicted octanol–water partition coefficient (Wildman–Crippen LogP) is -0.482. The summed E-state index contributed by atoms with van der Waals surface area (Å²) in [6.07, 6.45) is 0.635. The first kappa shape index (κ1) is 12.8. The van der Waals surface area contributed by atoms with Crippen molar-refractivity contribution in [3.05, 3.63) is 33.6 Å². The fourth-order valence-corrected chi connectivity index (χ4v) is 2.85. The zero-order valence-electron chi connectivity index (χ0n) is 11.6. The lowest BCUT2D eigenvalue weighted by molar-refractivity contribution is 0.0602. The van der Waals surface area contributed by atoms with Crippen LogP contribution in [-0.2, 0) is 18.2 Å². The Morgan fingerprint density at radius 2 is 2.20 bits per heavy atom. The van der Waals surface area contributed by atoms with Gasteiger partial charge in [-0.1, -0.05) is 5.46 Å². The van der Waals surface area contributed by atoms with Crippen LogP contribution in [0.5, 0.6) is 5.75 Å². The number of ether oxygens (including phenoxy) is 2. The summed E-state index contributed by atoms with van der Waals surface area (Å²) in [5.41, 5.74) is 2.57. The Labute approximate surface area is 116 Å². The van der Waals surface area contributed by atoms with Gasteiger partial charge in [-0.3, -0.25) is 4.79 Å². The Morgan fingerprint density at radius 3 is 2.90 bits per heavy atom. The Morgan fingerprint density at radius 1 is 1.45 bits per heavy atom. The van der Waals surface area contributed by atoms with E-state index in [0.29, 0.717) is 29.9 Å². The first-order chi connectivity index (χ1) is 9.56. The second-order valence-electron chi connectivity index (χ2n) is 4.90. The molecule has 5 nitrogen and oxygen atoms in total. The van der Waals surface area contributed by atoms with Gasteiger partial charge in [-0.25, -0.2) is 4.79 Å². The third-order valence-corrected chi connectivity index (χ3v) is 3.85. The van der Waals surface area contributed by atoms with Gasteiger partial charge in [-0.05, 0) is 12.1 Å². The van der Waals surface area contributed by atoms with E-state index in [1.807, 2.05) is 13.9 Å². The lowest BCUT2D eigenvalue weighted by Crippen LogP contribution is -2.27. The van der Waals surface area contributed by atoms with Gasteiger partial charge in [0.1, 0.15) is 13.6 Å². The summed E-state index contributed by atoms with van der Waals surface area (Å²) in [7, 11) is 4.88. The molecule has 0 radical (unpaired) electrons. The van der Waals surface area contributed by atoms with Crippen LogP contribution in [0.2, 0.25) is 0 Å². The van der Waals surface area contributed by atoms with Gasteiger partial charge in [0.2, 0.25) is 0 Å². The van der Waals surface area contributed by atoms with Crippen molar-refractivity contribution in [2.45, 2.75) is 6.42 Å². The quantitative estimate of drug-likeness (QED) is 0.519. The van der Waals surface area contributed by atoms with Crippen molar-refractivity contribution in [2.75, 3.05) is 13.7 Å². The van der Waals surface area contributed by atoms with Crippen LogP contribution in [0, 0.1) is 0 Å². The van der Waals surface area contributed by atoms with Crippen molar-refractivity contribution in [1.29, 1.82) is 0 Å². The Hall–Kier alpha value is -2.24. The van der Waals surface area contributed by atoms with Crippen molar-refractivity contribution in [1.82, 2.24) is 4.57 Å². The van der Waals surface area contributed by atoms with Crippen LogP contribution < -0.4 is 15.8 Å². The van der Waals surface area contributed by atoms with E-state index in [0.717, 1.165) is 16.4 Å². The van der Waals surface area contributed by atoms with E-state index in [4.69, 9.17) is 9.47 Å². The Balaban J connectivity index is 2.45. The summed E-state index contributed by atoms with van der Waals surface area (Å²) in [6.45, 7) is 0.529. The molecule has 0 unspecified atom stereocenters. The standard InChI is InChI=1S/C14H14BNO4/c1-16-11-8(12-9(13(16)17)5-6-20-12)4-3-7(10(11)15)14(18)19-2/h3-4H,5-6,15H2,1-2H3. The maximum atomic E-state index is 12.3. The van der Waals surface area contributed by atoms with E-state index < -0.39 is 5.97 Å². The number of carbonyl (C=O) groups is 1. The molecule has 0 saturated carbocycles. The van der Waals surface area contributed by atoms with Crippen molar-refractivity contribution >= 4 is 30.2 Å². The number of aromatic nitrogens is 1. The molecule has 20 heavy (non-hydrogen) atoms. The van der Waals surface area contributed by atoms with Gasteiger partial charge >= 0.3 is 5.97 Å². The fraction of sp³-hybridized carbons (Fsp3) is 0.286. The Kier molecular flexibility index (Phi) is 2.81. The first-order valence-corrected chi connectivity index (χ1v) is 6.42. The summed E-state index contributed by atoms with van der Waals surface area (Å²) in [4.78, 5) is 24.1. The lowest BCUT2D eigenvalue weighted by atomic mass is 9.87. The summed E-state index contributed by atoms with van der Waals surface area (Å²) >= 11 is 0. The molecule has 2 aromatic rings. The number of esters is 1. The maximum absolute atomic E-state index is 12.3. The smallest absolute Gasteiger partial charge is 0.337 e. The molecule has 1 aromatic carbocycles. The summed E-state index contributed by atoms with van der Waals surface area (Å²) in [6, 6.07) is 3.54. The molecule has 0 saturated heterocycles. The van der Waals surface area contributed by atoms with E-state index in [9.17, 15) is 9.59 Å². The SMILES string of the molecule is Bc1c(C(=O)OC)ccc2c3c(c(=O)n(C)c12)CCO3. The molecule has 0 amide bonds. The molecular formula is C14H14BNO4. The summed E-state index contributed by atoms with van der Waals surface area (Å²) < 4.78 is 12.0. The number of methoxy groups -OCH3 is 1. The van der Waals surface area contributed by atoms with Gasteiger partial charge in [0.15, 0.2) is 0 Å². The number of aryl methyl sites for hydroxylation is 1. The molecular weight excluding hydrogens is 257 g/mol. The summed E-state index contributed by atoms with van der Waals surface area (Å²) in [5.74, 6) is 0.251. The Bertz CT molecular complexity index is 794. The molecule has 102 valence electrons. The predicted molar refractivity (Wildman–Crippen MR) is 77.9 cm³/mol. The zero-order valence-corrected chi connectivity index (χ0v) is 11.6. The fourth-order valence-electron chi connectivity index (χ4n) is 2.85. The van der Waals surface area contributed by atoms with Gasteiger partial charge in [-0.15, -0.1) is 0 Å². The van der Waals surface area contributed by atoms with Crippen molar-refractivity contribution in [2.24, 2.45) is 7.05 Å². The zero-order chi connectivity index (χ0) is 14.4. The highest BCUT2D eigenvalue weighted by atomic mass is 16.5. The van der Waals surface area contributed by atoms with Crippen LogP contribution in [0.3, 0.4) is 0 Å². The number of rotatable bonds is 1. The minimum Gasteiger partial charge on any atom is -0.492 e. The largest absolute Gasteiger partial charge is 0.492 e. The average Bonchev–Trinajstić information content (AvgIpc) is 2.93. The van der Waals surface area contributed by atoms with Gasteiger partial charge < -0.3 is 14.0 Å². The van der Waals surface area contributed by atoms with Crippen LogP contribution in [0.4, 0.5) is 0 Å². The van der Waals surface area contributed by atoms with Gasteiger partial charge in [0, 0.05) is 24.4 Å². The number of fused-ring (bicyclic) bond motifs is 3. The maximum Gasteiger partial charge on any atom is 0.337 e. The van der Waals surface area contributed by atoms with Crippen molar-refractivity contribution < 1.29 is 14.3 Å². The van der Waals surface area contributed by atoms with E-state index >= 15 is 0 Å².